The number of carbonyl (C=O) groups is 1. The van der Waals surface area contributed by atoms with Crippen molar-refractivity contribution < 1.29 is 14.3 Å². The molecule has 0 unspecified atom stereocenters. The topological polar surface area (TPSA) is 90.4 Å². The van der Waals surface area contributed by atoms with E-state index in [2.05, 4.69) is 4.98 Å². The lowest BCUT2D eigenvalue weighted by Gasteiger charge is -2.27. The molecule has 0 amide bonds. The number of carbonyl (C=O) groups excluding carboxylic acids is 1. The van der Waals surface area contributed by atoms with Crippen LogP contribution in [0.5, 0.6) is 5.75 Å². The number of nitrogens with zero attached hydrogens (tertiary/aromatic N) is 1. The molecule has 0 bridgehead atoms. The molecule has 1 aliphatic carbocycles. The predicted octanol–water partition coefficient (Wildman–Crippen LogP) is 1.68. The van der Waals surface area contributed by atoms with Crippen LogP contribution in [0.1, 0.15) is 25.7 Å². The maximum Gasteiger partial charge on any atom is 0.328 e. The maximum atomic E-state index is 12.7. The van der Waals surface area contributed by atoms with Crippen LogP contribution < -0.4 is 16.0 Å². The molecule has 1 aromatic heterocycles. The van der Waals surface area contributed by atoms with Crippen LogP contribution >= 0.6 is 0 Å². The molecule has 1 fully saturated rings. The van der Waals surface area contributed by atoms with Gasteiger partial charge in [-0.15, -0.1) is 0 Å². The lowest BCUT2D eigenvalue weighted by atomic mass is 9.82. The monoisotopic (exact) mass is 346 g/mol. The van der Waals surface area contributed by atoms with Crippen molar-refractivity contribution in [2.24, 2.45) is 11.8 Å². The van der Waals surface area contributed by atoms with E-state index in [4.69, 9.17) is 9.47 Å². The quantitative estimate of drug-likeness (QED) is 0.851. The van der Waals surface area contributed by atoms with Crippen molar-refractivity contribution in [1.29, 1.82) is 0 Å². The molecule has 25 heavy (non-hydrogen) atoms. The van der Waals surface area contributed by atoms with Crippen LogP contribution in [0.4, 0.5) is 0 Å². The van der Waals surface area contributed by atoms with Crippen LogP contribution in [-0.2, 0) is 16.1 Å². The number of aromatic amines is 1. The summed E-state index contributed by atoms with van der Waals surface area (Å²) in [6.07, 6.45) is 3.04. The van der Waals surface area contributed by atoms with E-state index in [-0.39, 0.29) is 23.4 Å². The lowest BCUT2D eigenvalue weighted by molar-refractivity contribution is -0.146. The molecular formula is C18H22N2O5. The molecule has 3 rings (SSSR count). The third-order valence-electron chi connectivity index (χ3n) is 5.01. The van der Waals surface area contributed by atoms with E-state index in [0.717, 1.165) is 25.7 Å². The number of benzene rings is 1. The molecule has 1 aliphatic rings. The Morgan fingerprint density at radius 1 is 1.20 bits per heavy atom. The second-order valence-electron chi connectivity index (χ2n) is 6.50. The van der Waals surface area contributed by atoms with E-state index < -0.39 is 5.69 Å². The number of fused-ring (bicyclic) bond motifs is 1. The minimum Gasteiger partial charge on any atom is -0.497 e. The highest BCUT2D eigenvalue weighted by molar-refractivity contribution is 5.78. The number of methoxy groups -OCH3 is 2. The van der Waals surface area contributed by atoms with Crippen molar-refractivity contribution in [3.05, 3.63) is 39.0 Å². The van der Waals surface area contributed by atoms with E-state index in [1.807, 2.05) is 0 Å². The van der Waals surface area contributed by atoms with Crippen LogP contribution in [-0.4, -0.2) is 29.7 Å². The number of H-pyrrole nitrogens is 1. The second-order valence-corrected chi connectivity index (χ2v) is 6.50. The summed E-state index contributed by atoms with van der Waals surface area (Å²) in [5.74, 6) is 0.521. The summed E-state index contributed by atoms with van der Waals surface area (Å²) in [6.45, 7) is 0.356. The summed E-state index contributed by atoms with van der Waals surface area (Å²) in [5.41, 5.74) is -0.216. The predicted molar refractivity (Wildman–Crippen MR) is 92.8 cm³/mol. The molecule has 134 valence electrons. The average Bonchev–Trinajstić information content (AvgIpc) is 2.64. The molecule has 0 saturated heterocycles. The van der Waals surface area contributed by atoms with E-state index in [9.17, 15) is 14.4 Å². The Kier molecular flexibility index (Phi) is 4.92. The largest absolute Gasteiger partial charge is 0.497 e. The van der Waals surface area contributed by atoms with Gasteiger partial charge in [0.15, 0.2) is 0 Å². The summed E-state index contributed by atoms with van der Waals surface area (Å²) >= 11 is 0. The molecule has 1 heterocycles. The van der Waals surface area contributed by atoms with Gasteiger partial charge >= 0.3 is 11.7 Å². The first kappa shape index (κ1) is 17.3. The van der Waals surface area contributed by atoms with Crippen LogP contribution in [0.15, 0.2) is 27.8 Å². The van der Waals surface area contributed by atoms with Gasteiger partial charge in [0, 0.05) is 6.54 Å². The Balaban J connectivity index is 1.83. The number of esters is 1. The van der Waals surface area contributed by atoms with E-state index in [0.29, 0.717) is 23.2 Å². The Labute approximate surface area is 144 Å². The number of ether oxygens (including phenoxy) is 2. The van der Waals surface area contributed by atoms with Crippen molar-refractivity contribution in [3.63, 3.8) is 0 Å². The van der Waals surface area contributed by atoms with Crippen molar-refractivity contribution in [2.75, 3.05) is 14.2 Å². The summed E-state index contributed by atoms with van der Waals surface area (Å²) in [5, 5.41) is 0.433. The third kappa shape index (κ3) is 3.45. The van der Waals surface area contributed by atoms with Gasteiger partial charge in [0.2, 0.25) is 0 Å². The van der Waals surface area contributed by atoms with E-state index in [1.165, 1.54) is 18.8 Å². The molecule has 7 heteroatoms. The summed E-state index contributed by atoms with van der Waals surface area (Å²) in [7, 11) is 2.93. The Morgan fingerprint density at radius 3 is 2.56 bits per heavy atom. The first-order valence-electron chi connectivity index (χ1n) is 8.42. The van der Waals surface area contributed by atoms with Gasteiger partial charge in [-0.25, -0.2) is 4.79 Å². The highest BCUT2D eigenvalue weighted by Gasteiger charge is 2.27. The van der Waals surface area contributed by atoms with Gasteiger partial charge in [-0.1, -0.05) is 0 Å². The number of hydrogen-bond donors (Lipinski definition) is 1. The van der Waals surface area contributed by atoms with Gasteiger partial charge < -0.3 is 14.5 Å². The van der Waals surface area contributed by atoms with Crippen LogP contribution in [0, 0.1) is 11.8 Å². The summed E-state index contributed by atoms with van der Waals surface area (Å²) < 4.78 is 11.2. The number of rotatable bonds is 4. The fourth-order valence-electron chi connectivity index (χ4n) is 3.53. The minimum absolute atomic E-state index is 0.0721. The fraction of sp³-hybridized carbons (Fsp3) is 0.500. The Bertz CT molecular complexity index is 890. The van der Waals surface area contributed by atoms with Gasteiger partial charge in [0.1, 0.15) is 5.75 Å². The molecule has 0 spiro atoms. The van der Waals surface area contributed by atoms with Crippen molar-refractivity contribution in [2.45, 2.75) is 32.2 Å². The number of aromatic nitrogens is 2. The zero-order valence-electron chi connectivity index (χ0n) is 14.4. The SMILES string of the molecule is COc1ccc2[nH]c(=O)n(C[C@H]3CC[C@H](C(=O)OC)CC3)c(=O)c2c1. The van der Waals surface area contributed by atoms with Crippen LogP contribution in [0.2, 0.25) is 0 Å². The first-order valence-corrected chi connectivity index (χ1v) is 8.42. The first-order chi connectivity index (χ1) is 12.0. The molecule has 7 nitrogen and oxygen atoms in total. The summed E-state index contributed by atoms with van der Waals surface area (Å²) in [4.78, 5) is 39.4. The molecule has 2 aromatic rings. The van der Waals surface area contributed by atoms with Gasteiger partial charge in [0.05, 0.1) is 31.0 Å². The highest BCUT2D eigenvalue weighted by Crippen LogP contribution is 2.30. The highest BCUT2D eigenvalue weighted by atomic mass is 16.5. The normalized spacial score (nSPS) is 20.4. The zero-order chi connectivity index (χ0) is 18.0. The lowest BCUT2D eigenvalue weighted by Crippen LogP contribution is -2.38. The standard InChI is InChI=1S/C18H22N2O5/c1-24-13-7-8-15-14(9-13)16(21)20(18(23)19-15)10-11-3-5-12(6-4-11)17(22)25-2/h7-9,11-12H,3-6,10H2,1-2H3,(H,19,23)/t11-,12-. The molecule has 1 aromatic carbocycles. The van der Waals surface area contributed by atoms with Gasteiger partial charge in [0.25, 0.3) is 5.56 Å². The Hall–Kier alpha value is -2.57. The second kappa shape index (κ2) is 7.13. The van der Waals surface area contributed by atoms with Crippen LogP contribution in [0.3, 0.4) is 0 Å². The van der Waals surface area contributed by atoms with Gasteiger partial charge in [-0.2, -0.15) is 0 Å². The molecule has 0 aliphatic heterocycles. The number of hydrogen-bond acceptors (Lipinski definition) is 5. The van der Waals surface area contributed by atoms with Crippen molar-refractivity contribution >= 4 is 16.9 Å². The third-order valence-corrected chi connectivity index (χ3v) is 5.01. The number of nitrogens with one attached hydrogen (secondary N) is 1. The molecule has 1 saturated carbocycles. The fourth-order valence-corrected chi connectivity index (χ4v) is 3.53. The van der Waals surface area contributed by atoms with E-state index in [1.54, 1.807) is 18.2 Å². The maximum absolute atomic E-state index is 12.7. The van der Waals surface area contributed by atoms with Crippen molar-refractivity contribution in [3.8, 4) is 5.75 Å². The minimum atomic E-state index is -0.405. The van der Waals surface area contributed by atoms with Gasteiger partial charge in [-0.05, 0) is 49.8 Å². The Morgan fingerprint density at radius 2 is 1.92 bits per heavy atom. The van der Waals surface area contributed by atoms with Crippen molar-refractivity contribution in [1.82, 2.24) is 9.55 Å². The van der Waals surface area contributed by atoms with E-state index >= 15 is 0 Å². The zero-order valence-corrected chi connectivity index (χ0v) is 14.4. The smallest absolute Gasteiger partial charge is 0.328 e. The van der Waals surface area contributed by atoms with Gasteiger partial charge in [-0.3, -0.25) is 14.2 Å². The molecule has 1 N–H and O–H groups in total. The summed E-state index contributed by atoms with van der Waals surface area (Å²) in [6, 6.07) is 5.01. The average molecular weight is 346 g/mol. The molecular weight excluding hydrogens is 324 g/mol. The molecule has 0 radical (unpaired) electrons. The molecule has 0 atom stereocenters. The van der Waals surface area contributed by atoms with Crippen LogP contribution in [0.25, 0.3) is 10.9 Å².